The van der Waals surface area contributed by atoms with Crippen LogP contribution in [0.25, 0.3) is 0 Å². The van der Waals surface area contributed by atoms with Crippen LogP contribution in [0.4, 0.5) is 4.79 Å². The summed E-state index contributed by atoms with van der Waals surface area (Å²) >= 11 is 0. The molecule has 0 rings (SSSR count). The largest absolute Gasteiger partial charge is 0.394 e. The fraction of sp³-hybridized carbons (Fsp3) is 0.833. The quantitative estimate of drug-likeness (QED) is 0.402. The Morgan fingerprint density at radius 2 is 1.79 bits per heavy atom. The number of primary amides is 1. The molecule has 19 heavy (non-hydrogen) atoms. The molecule has 0 aromatic carbocycles. The summed E-state index contributed by atoms with van der Waals surface area (Å²) in [7, 11) is 0. The Balaban J connectivity index is 4.94. The van der Waals surface area contributed by atoms with Gasteiger partial charge in [0.1, 0.15) is 6.04 Å². The van der Waals surface area contributed by atoms with Gasteiger partial charge in [0.2, 0.25) is 5.91 Å². The van der Waals surface area contributed by atoms with E-state index in [1.807, 2.05) is 13.8 Å². The molecule has 0 saturated heterocycles. The highest BCUT2D eigenvalue weighted by molar-refractivity contribution is 5.87. The molecule has 2 unspecified atom stereocenters. The van der Waals surface area contributed by atoms with Crippen LogP contribution in [0.3, 0.4) is 0 Å². The van der Waals surface area contributed by atoms with Gasteiger partial charge in [0.25, 0.3) is 0 Å². The van der Waals surface area contributed by atoms with Crippen molar-refractivity contribution in [3.8, 4) is 0 Å². The lowest BCUT2D eigenvalue weighted by atomic mass is 9.94. The van der Waals surface area contributed by atoms with Crippen LogP contribution < -0.4 is 16.4 Å². The van der Waals surface area contributed by atoms with Crippen molar-refractivity contribution in [2.75, 3.05) is 13.2 Å². The normalized spacial score (nSPS) is 14.6. The van der Waals surface area contributed by atoms with E-state index in [4.69, 9.17) is 5.73 Å². The van der Waals surface area contributed by atoms with Crippen LogP contribution in [0.15, 0.2) is 0 Å². The van der Waals surface area contributed by atoms with Crippen LogP contribution >= 0.6 is 0 Å². The highest BCUT2D eigenvalue weighted by Crippen LogP contribution is 2.12. The van der Waals surface area contributed by atoms with Gasteiger partial charge in [-0.05, 0) is 12.3 Å². The second-order valence-electron chi connectivity index (χ2n) is 4.81. The van der Waals surface area contributed by atoms with Crippen molar-refractivity contribution < 1.29 is 19.8 Å². The average Bonchev–Trinajstić information content (AvgIpc) is 2.41. The van der Waals surface area contributed by atoms with Crippen LogP contribution in [-0.2, 0) is 4.79 Å². The minimum absolute atomic E-state index is 0.112. The van der Waals surface area contributed by atoms with Gasteiger partial charge in [0.05, 0.1) is 18.8 Å². The van der Waals surface area contributed by atoms with Crippen molar-refractivity contribution in [3.63, 3.8) is 0 Å². The van der Waals surface area contributed by atoms with E-state index in [-0.39, 0.29) is 19.1 Å². The molecule has 0 saturated carbocycles. The van der Waals surface area contributed by atoms with Crippen molar-refractivity contribution in [1.29, 1.82) is 0 Å². The summed E-state index contributed by atoms with van der Waals surface area (Å²) in [6.45, 7) is 4.68. The van der Waals surface area contributed by atoms with Crippen LogP contribution in [0.5, 0.6) is 0 Å². The molecule has 0 aliphatic rings. The standard InChI is InChI=1S/C12H25N3O4/c1-4-8(3)9(14-11(13)19)10(18)15-12(5-2,6-16)7-17/h8-9,16-17H,4-7H2,1-3H3,(H,15,18)(H3,13,14,19). The van der Waals surface area contributed by atoms with Crippen LogP contribution in [0.1, 0.15) is 33.6 Å². The van der Waals surface area contributed by atoms with E-state index in [0.29, 0.717) is 12.8 Å². The molecule has 112 valence electrons. The van der Waals surface area contributed by atoms with Gasteiger partial charge in [0, 0.05) is 0 Å². The first kappa shape index (κ1) is 17.7. The zero-order valence-corrected chi connectivity index (χ0v) is 11.8. The Labute approximate surface area is 113 Å². The van der Waals surface area contributed by atoms with Crippen molar-refractivity contribution in [2.24, 2.45) is 11.7 Å². The number of hydrogen-bond acceptors (Lipinski definition) is 4. The molecular weight excluding hydrogens is 250 g/mol. The summed E-state index contributed by atoms with van der Waals surface area (Å²) in [6.07, 6.45) is 1.05. The summed E-state index contributed by atoms with van der Waals surface area (Å²) in [5.74, 6) is -0.572. The molecule has 2 atom stereocenters. The fourth-order valence-electron chi connectivity index (χ4n) is 1.64. The summed E-state index contributed by atoms with van der Waals surface area (Å²) in [5, 5.41) is 23.6. The zero-order valence-electron chi connectivity index (χ0n) is 11.8. The number of carbonyl (C=O) groups excluding carboxylic acids is 2. The molecule has 6 N–H and O–H groups in total. The third-order valence-electron chi connectivity index (χ3n) is 3.46. The van der Waals surface area contributed by atoms with E-state index in [0.717, 1.165) is 0 Å². The Bertz CT molecular complexity index is 297. The van der Waals surface area contributed by atoms with Crippen LogP contribution in [0, 0.1) is 5.92 Å². The monoisotopic (exact) mass is 275 g/mol. The SMILES string of the molecule is CCC(C)C(NC(N)=O)C(=O)NC(CC)(CO)CO. The number of amides is 3. The average molecular weight is 275 g/mol. The van der Waals surface area contributed by atoms with Gasteiger partial charge >= 0.3 is 6.03 Å². The molecule has 0 aliphatic carbocycles. The molecule has 7 nitrogen and oxygen atoms in total. The van der Waals surface area contributed by atoms with Crippen LogP contribution in [0.2, 0.25) is 0 Å². The Morgan fingerprint density at radius 1 is 1.26 bits per heavy atom. The highest BCUT2D eigenvalue weighted by Gasteiger charge is 2.33. The lowest BCUT2D eigenvalue weighted by Crippen LogP contribution is -2.60. The van der Waals surface area contributed by atoms with Crippen molar-refractivity contribution in [1.82, 2.24) is 10.6 Å². The summed E-state index contributed by atoms with van der Waals surface area (Å²) < 4.78 is 0. The summed E-state index contributed by atoms with van der Waals surface area (Å²) in [4.78, 5) is 23.1. The van der Waals surface area contributed by atoms with Crippen molar-refractivity contribution >= 4 is 11.9 Å². The van der Waals surface area contributed by atoms with E-state index in [1.54, 1.807) is 6.92 Å². The molecule has 3 amide bonds. The zero-order chi connectivity index (χ0) is 15.1. The molecular formula is C12H25N3O4. The van der Waals surface area contributed by atoms with E-state index in [9.17, 15) is 19.8 Å². The number of aliphatic hydroxyl groups is 2. The van der Waals surface area contributed by atoms with Crippen molar-refractivity contribution in [2.45, 2.75) is 45.2 Å². The number of carbonyl (C=O) groups is 2. The van der Waals surface area contributed by atoms with E-state index >= 15 is 0 Å². The van der Waals surface area contributed by atoms with Gasteiger partial charge in [-0.2, -0.15) is 0 Å². The molecule has 0 bridgehead atoms. The number of nitrogens with one attached hydrogen (secondary N) is 2. The first-order valence-electron chi connectivity index (χ1n) is 6.45. The molecule has 0 aromatic heterocycles. The number of nitrogens with two attached hydrogens (primary N) is 1. The first-order valence-corrected chi connectivity index (χ1v) is 6.45. The Kier molecular flexibility index (Phi) is 7.40. The number of urea groups is 1. The first-order chi connectivity index (χ1) is 8.85. The lowest BCUT2D eigenvalue weighted by Gasteiger charge is -2.33. The maximum Gasteiger partial charge on any atom is 0.312 e. The number of aliphatic hydroxyl groups excluding tert-OH is 2. The summed E-state index contributed by atoms with van der Waals surface area (Å²) in [6, 6.07) is -1.57. The molecule has 7 heteroatoms. The van der Waals surface area contributed by atoms with E-state index < -0.39 is 23.5 Å². The smallest absolute Gasteiger partial charge is 0.312 e. The molecule has 0 aromatic rings. The Hall–Kier alpha value is -1.34. The van der Waals surface area contributed by atoms with Crippen molar-refractivity contribution in [3.05, 3.63) is 0 Å². The minimum atomic E-state index is -1.08. The molecule has 0 radical (unpaired) electrons. The van der Waals surface area contributed by atoms with E-state index in [1.165, 1.54) is 0 Å². The number of hydrogen-bond donors (Lipinski definition) is 5. The second kappa shape index (κ2) is 7.96. The number of rotatable bonds is 8. The predicted octanol–water partition coefficient (Wildman–Crippen LogP) is -0.681. The highest BCUT2D eigenvalue weighted by atomic mass is 16.3. The van der Waals surface area contributed by atoms with Gasteiger partial charge in [-0.3, -0.25) is 4.79 Å². The second-order valence-corrected chi connectivity index (χ2v) is 4.81. The summed E-state index contributed by atoms with van der Waals surface area (Å²) in [5.41, 5.74) is 3.97. The molecule has 0 spiro atoms. The predicted molar refractivity (Wildman–Crippen MR) is 71.3 cm³/mol. The van der Waals surface area contributed by atoms with Gasteiger partial charge in [-0.15, -0.1) is 0 Å². The third-order valence-corrected chi connectivity index (χ3v) is 3.46. The van der Waals surface area contributed by atoms with E-state index in [2.05, 4.69) is 10.6 Å². The minimum Gasteiger partial charge on any atom is -0.394 e. The lowest BCUT2D eigenvalue weighted by molar-refractivity contribution is -0.127. The van der Waals surface area contributed by atoms with Gasteiger partial charge in [-0.1, -0.05) is 27.2 Å². The maximum absolute atomic E-state index is 12.2. The molecule has 0 heterocycles. The third kappa shape index (κ3) is 5.04. The fourth-order valence-corrected chi connectivity index (χ4v) is 1.64. The maximum atomic E-state index is 12.2. The molecule has 0 aliphatic heterocycles. The Morgan fingerprint density at radius 3 is 2.11 bits per heavy atom. The topological polar surface area (TPSA) is 125 Å². The van der Waals surface area contributed by atoms with Gasteiger partial charge in [-0.25, -0.2) is 4.79 Å². The van der Waals surface area contributed by atoms with Gasteiger partial charge < -0.3 is 26.6 Å². The van der Waals surface area contributed by atoms with Crippen LogP contribution in [-0.4, -0.2) is 46.9 Å². The van der Waals surface area contributed by atoms with Gasteiger partial charge in [0.15, 0.2) is 0 Å². The molecule has 0 fully saturated rings.